The average molecular weight is 325 g/mol. The van der Waals surface area contributed by atoms with Crippen molar-refractivity contribution >= 4 is 11.9 Å². The number of esters is 2. The third-order valence-electron chi connectivity index (χ3n) is 3.19. The van der Waals surface area contributed by atoms with Crippen LogP contribution in [0.3, 0.4) is 0 Å². The molecule has 0 fully saturated rings. The molecule has 0 atom stereocenters. The molecule has 1 heterocycles. The van der Waals surface area contributed by atoms with Gasteiger partial charge in [-0.2, -0.15) is 0 Å². The number of aliphatic hydroxyl groups is 1. The predicted molar refractivity (Wildman–Crippen MR) is 86.5 cm³/mol. The molecular formula is C17H27NO5. The van der Waals surface area contributed by atoms with E-state index >= 15 is 0 Å². The van der Waals surface area contributed by atoms with Crippen LogP contribution >= 0.6 is 0 Å². The van der Waals surface area contributed by atoms with Gasteiger partial charge in [0.1, 0.15) is 11.3 Å². The van der Waals surface area contributed by atoms with Crippen molar-refractivity contribution in [3.05, 3.63) is 23.0 Å². The van der Waals surface area contributed by atoms with E-state index in [0.29, 0.717) is 17.5 Å². The van der Waals surface area contributed by atoms with Crippen LogP contribution in [0.5, 0.6) is 0 Å². The minimum absolute atomic E-state index is 0.0861. The Morgan fingerprint density at radius 1 is 1.17 bits per heavy atom. The fourth-order valence-corrected chi connectivity index (χ4v) is 1.90. The Balaban J connectivity index is 2.93. The number of aromatic nitrogens is 1. The molecule has 6 nitrogen and oxygen atoms in total. The molecule has 0 amide bonds. The van der Waals surface area contributed by atoms with Gasteiger partial charge in [0.2, 0.25) is 0 Å². The molecule has 0 saturated carbocycles. The van der Waals surface area contributed by atoms with E-state index in [0.717, 1.165) is 0 Å². The zero-order valence-electron chi connectivity index (χ0n) is 14.8. The molecule has 6 heteroatoms. The van der Waals surface area contributed by atoms with Gasteiger partial charge in [0.25, 0.3) is 0 Å². The van der Waals surface area contributed by atoms with Crippen LogP contribution in [0.25, 0.3) is 0 Å². The first-order valence-electron chi connectivity index (χ1n) is 7.72. The van der Waals surface area contributed by atoms with Crippen LogP contribution < -0.4 is 0 Å². The molecule has 0 aromatic carbocycles. The van der Waals surface area contributed by atoms with Crippen LogP contribution in [0, 0.1) is 5.41 Å². The summed E-state index contributed by atoms with van der Waals surface area (Å²) in [5.74, 6) is -1.02. The highest BCUT2D eigenvalue weighted by molar-refractivity contribution is 5.97. The molecular weight excluding hydrogens is 298 g/mol. The molecule has 0 spiro atoms. The molecule has 0 unspecified atom stereocenters. The van der Waals surface area contributed by atoms with E-state index in [1.807, 2.05) is 6.92 Å². The van der Waals surface area contributed by atoms with Crippen LogP contribution in [-0.4, -0.2) is 40.8 Å². The highest BCUT2D eigenvalue weighted by atomic mass is 16.6. The fourth-order valence-electron chi connectivity index (χ4n) is 1.90. The summed E-state index contributed by atoms with van der Waals surface area (Å²) in [4.78, 5) is 27.2. The van der Waals surface area contributed by atoms with E-state index in [2.05, 4.69) is 4.98 Å². The summed E-state index contributed by atoms with van der Waals surface area (Å²) < 4.78 is 10.6. The topological polar surface area (TPSA) is 88.6 Å². The maximum Gasteiger partial charge on any atom is 0.355 e. The number of hydrogen-bond donors (Lipinski definition) is 2. The SMILES string of the molecule is CCc1c(C(=O)OCC(C)(C)CO)c[nH]c1C(=O)OC(C)(C)C. The van der Waals surface area contributed by atoms with Crippen molar-refractivity contribution in [1.29, 1.82) is 0 Å². The Kier molecular flexibility index (Phi) is 5.99. The van der Waals surface area contributed by atoms with E-state index in [-0.39, 0.29) is 18.9 Å². The van der Waals surface area contributed by atoms with Crippen molar-refractivity contribution in [2.24, 2.45) is 5.41 Å². The Morgan fingerprint density at radius 3 is 2.26 bits per heavy atom. The second-order valence-corrected chi connectivity index (χ2v) is 7.31. The summed E-state index contributed by atoms with van der Waals surface area (Å²) >= 11 is 0. The lowest BCUT2D eigenvalue weighted by molar-refractivity contribution is 0.00624. The number of aromatic amines is 1. The van der Waals surface area contributed by atoms with E-state index < -0.39 is 23.0 Å². The first-order valence-corrected chi connectivity index (χ1v) is 7.72. The van der Waals surface area contributed by atoms with Gasteiger partial charge in [-0.1, -0.05) is 20.8 Å². The third kappa shape index (κ3) is 5.39. The Morgan fingerprint density at radius 2 is 1.78 bits per heavy atom. The van der Waals surface area contributed by atoms with Crippen molar-refractivity contribution in [3.8, 4) is 0 Å². The number of nitrogens with one attached hydrogen (secondary N) is 1. The van der Waals surface area contributed by atoms with Gasteiger partial charge in [-0.25, -0.2) is 9.59 Å². The van der Waals surface area contributed by atoms with Gasteiger partial charge >= 0.3 is 11.9 Å². The summed E-state index contributed by atoms with van der Waals surface area (Å²) in [7, 11) is 0. The molecule has 130 valence electrons. The van der Waals surface area contributed by atoms with E-state index in [1.54, 1.807) is 34.6 Å². The number of hydrogen-bond acceptors (Lipinski definition) is 5. The van der Waals surface area contributed by atoms with Gasteiger partial charge in [0, 0.05) is 11.6 Å². The van der Waals surface area contributed by atoms with Crippen molar-refractivity contribution in [2.75, 3.05) is 13.2 Å². The van der Waals surface area contributed by atoms with Crippen LogP contribution in [0.4, 0.5) is 0 Å². The van der Waals surface area contributed by atoms with Crippen LogP contribution in [0.15, 0.2) is 6.20 Å². The molecule has 2 N–H and O–H groups in total. The zero-order chi connectivity index (χ0) is 17.8. The summed E-state index contributed by atoms with van der Waals surface area (Å²) in [6, 6.07) is 0. The first-order chi connectivity index (χ1) is 10.5. The minimum Gasteiger partial charge on any atom is -0.461 e. The second kappa shape index (κ2) is 7.17. The molecule has 0 aliphatic rings. The van der Waals surface area contributed by atoms with Crippen LogP contribution in [0.2, 0.25) is 0 Å². The largest absolute Gasteiger partial charge is 0.461 e. The number of carbonyl (C=O) groups excluding carboxylic acids is 2. The van der Waals surface area contributed by atoms with Crippen molar-refractivity contribution in [2.45, 2.75) is 53.6 Å². The van der Waals surface area contributed by atoms with Gasteiger partial charge < -0.3 is 19.6 Å². The minimum atomic E-state index is -0.612. The maximum atomic E-state index is 12.2. The lowest BCUT2D eigenvalue weighted by atomic mass is 9.96. The molecule has 0 radical (unpaired) electrons. The smallest absolute Gasteiger partial charge is 0.355 e. The van der Waals surface area contributed by atoms with Gasteiger partial charge in [-0.05, 0) is 32.8 Å². The summed E-state index contributed by atoms with van der Waals surface area (Å²) in [5.41, 5.74) is 0.0506. The highest BCUT2D eigenvalue weighted by Crippen LogP contribution is 2.21. The van der Waals surface area contributed by atoms with E-state index in [1.165, 1.54) is 6.20 Å². The lowest BCUT2D eigenvalue weighted by Crippen LogP contribution is -2.26. The van der Waals surface area contributed by atoms with Crippen molar-refractivity contribution in [1.82, 2.24) is 4.98 Å². The molecule has 1 rings (SSSR count). The number of H-pyrrole nitrogens is 1. The van der Waals surface area contributed by atoms with Crippen molar-refractivity contribution in [3.63, 3.8) is 0 Å². The van der Waals surface area contributed by atoms with Gasteiger partial charge in [0.05, 0.1) is 18.8 Å². The zero-order valence-corrected chi connectivity index (χ0v) is 14.8. The van der Waals surface area contributed by atoms with Gasteiger partial charge in [-0.15, -0.1) is 0 Å². The third-order valence-corrected chi connectivity index (χ3v) is 3.19. The number of carbonyl (C=O) groups is 2. The number of rotatable bonds is 6. The van der Waals surface area contributed by atoms with Gasteiger partial charge in [-0.3, -0.25) is 0 Å². The molecule has 0 aliphatic heterocycles. The maximum absolute atomic E-state index is 12.2. The lowest BCUT2D eigenvalue weighted by Gasteiger charge is -2.21. The fraction of sp³-hybridized carbons (Fsp3) is 0.647. The van der Waals surface area contributed by atoms with Crippen molar-refractivity contribution < 1.29 is 24.2 Å². The summed E-state index contributed by atoms with van der Waals surface area (Å²) in [6.45, 7) is 10.8. The van der Waals surface area contributed by atoms with Gasteiger partial charge in [0.15, 0.2) is 0 Å². The Hall–Kier alpha value is -1.82. The molecule has 0 bridgehead atoms. The van der Waals surface area contributed by atoms with E-state index in [4.69, 9.17) is 9.47 Å². The van der Waals surface area contributed by atoms with E-state index in [9.17, 15) is 14.7 Å². The standard InChI is InChI=1S/C17H27NO5/c1-7-11-12(14(20)22-10-17(5,6)9-19)8-18-13(11)15(21)23-16(2,3)4/h8,18-19H,7,9-10H2,1-6H3. The molecule has 0 aliphatic carbocycles. The average Bonchev–Trinajstić information content (AvgIpc) is 2.87. The first kappa shape index (κ1) is 19.2. The highest BCUT2D eigenvalue weighted by Gasteiger charge is 2.27. The molecule has 0 saturated heterocycles. The quantitative estimate of drug-likeness (QED) is 0.785. The number of aliphatic hydroxyl groups excluding tert-OH is 1. The molecule has 1 aromatic heterocycles. The number of ether oxygens (including phenoxy) is 2. The summed E-state index contributed by atoms with van der Waals surface area (Å²) in [5, 5.41) is 9.20. The molecule has 1 aromatic rings. The Labute approximate surface area is 137 Å². The normalized spacial score (nSPS) is 12.1. The Bertz CT molecular complexity index is 566. The second-order valence-electron chi connectivity index (χ2n) is 7.31. The van der Waals surface area contributed by atoms with Crippen LogP contribution in [0.1, 0.15) is 68.0 Å². The summed E-state index contributed by atoms with van der Waals surface area (Å²) in [6.07, 6.45) is 1.96. The molecule has 23 heavy (non-hydrogen) atoms. The van der Waals surface area contributed by atoms with Crippen LogP contribution in [-0.2, 0) is 15.9 Å². The monoisotopic (exact) mass is 325 g/mol. The predicted octanol–water partition coefficient (Wildman–Crippen LogP) is 2.71.